The van der Waals surface area contributed by atoms with Crippen molar-refractivity contribution >= 4 is 11.3 Å². The van der Waals surface area contributed by atoms with Crippen molar-refractivity contribution < 1.29 is 4.39 Å². The first-order chi connectivity index (χ1) is 7.99. The van der Waals surface area contributed by atoms with Crippen molar-refractivity contribution in [2.45, 2.75) is 26.8 Å². The van der Waals surface area contributed by atoms with E-state index in [0.29, 0.717) is 0 Å². The highest BCUT2D eigenvalue weighted by Gasteiger charge is 2.15. The Kier molecular flexibility index (Phi) is 3.31. The Morgan fingerprint density at radius 1 is 1.12 bits per heavy atom. The summed E-state index contributed by atoms with van der Waals surface area (Å²) in [6, 6.07) is 6.73. The van der Waals surface area contributed by atoms with Crippen molar-refractivity contribution in [3.8, 4) is 0 Å². The molecule has 1 nitrogen and oxygen atoms in total. The molecule has 0 aliphatic heterocycles. The quantitative estimate of drug-likeness (QED) is 0.859. The molecule has 1 aromatic heterocycles. The highest BCUT2D eigenvalue weighted by Crippen LogP contribution is 2.30. The summed E-state index contributed by atoms with van der Waals surface area (Å²) in [6.45, 7) is 6.05. The van der Waals surface area contributed by atoms with Crippen LogP contribution in [0.25, 0.3) is 0 Å². The molecule has 0 fully saturated rings. The highest BCUT2D eigenvalue weighted by molar-refractivity contribution is 7.12. The van der Waals surface area contributed by atoms with Gasteiger partial charge in [-0.15, -0.1) is 11.3 Å². The van der Waals surface area contributed by atoms with E-state index >= 15 is 0 Å². The SMILES string of the molecule is Cc1cc(C(N)c2ccc(F)cc2C)c(C)s1. The van der Waals surface area contributed by atoms with Crippen molar-refractivity contribution in [2.75, 3.05) is 0 Å². The molecule has 2 rings (SSSR count). The van der Waals surface area contributed by atoms with Gasteiger partial charge in [0.2, 0.25) is 0 Å². The highest BCUT2D eigenvalue weighted by atomic mass is 32.1. The molecule has 1 aromatic carbocycles. The van der Waals surface area contributed by atoms with E-state index in [0.717, 1.165) is 16.7 Å². The molecular weight excluding hydrogens is 233 g/mol. The van der Waals surface area contributed by atoms with Gasteiger partial charge in [0.15, 0.2) is 0 Å². The first-order valence-corrected chi connectivity index (χ1v) is 6.39. The molecule has 2 N–H and O–H groups in total. The van der Waals surface area contributed by atoms with Crippen molar-refractivity contribution in [1.82, 2.24) is 0 Å². The number of nitrogens with two attached hydrogens (primary N) is 1. The van der Waals surface area contributed by atoms with Crippen molar-refractivity contribution in [2.24, 2.45) is 5.73 Å². The first-order valence-electron chi connectivity index (χ1n) is 5.57. The van der Waals surface area contributed by atoms with Gasteiger partial charge >= 0.3 is 0 Å². The topological polar surface area (TPSA) is 26.0 Å². The fourth-order valence-corrected chi connectivity index (χ4v) is 3.09. The smallest absolute Gasteiger partial charge is 0.123 e. The summed E-state index contributed by atoms with van der Waals surface area (Å²) in [6.07, 6.45) is 0. The van der Waals surface area contributed by atoms with Gasteiger partial charge in [0.1, 0.15) is 5.82 Å². The Morgan fingerprint density at radius 2 is 1.82 bits per heavy atom. The second kappa shape index (κ2) is 4.59. The molecule has 3 heteroatoms. The Balaban J connectivity index is 2.43. The molecule has 0 saturated carbocycles. The van der Waals surface area contributed by atoms with Crippen LogP contribution < -0.4 is 5.73 Å². The van der Waals surface area contributed by atoms with Crippen LogP contribution in [0.3, 0.4) is 0 Å². The van der Waals surface area contributed by atoms with Gasteiger partial charge in [0.25, 0.3) is 0 Å². The molecule has 0 spiro atoms. The summed E-state index contributed by atoms with van der Waals surface area (Å²) in [4.78, 5) is 2.49. The minimum absolute atomic E-state index is 0.166. The first kappa shape index (κ1) is 12.3. The summed E-state index contributed by atoms with van der Waals surface area (Å²) in [5.74, 6) is -0.211. The van der Waals surface area contributed by atoms with Crippen LogP contribution in [-0.2, 0) is 0 Å². The van der Waals surface area contributed by atoms with Gasteiger partial charge in [-0.3, -0.25) is 0 Å². The monoisotopic (exact) mass is 249 g/mol. The third-order valence-electron chi connectivity index (χ3n) is 2.98. The summed E-state index contributed by atoms with van der Waals surface area (Å²) in [5, 5.41) is 0. The van der Waals surface area contributed by atoms with Crippen molar-refractivity contribution in [3.63, 3.8) is 0 Å². The molecule has 0 bridgehead atoms. The van der Waals surface area contributed by atoms with Gasteiger partial charge in [-0.25, -0.2) is 4.39 Å². The van der Waals surface area contributed by atoms with Crippen LogP contribution in [-0.4, -0.2) is 0 Å². The molecule has 1 heterocycles. The van der Waals surface area contributed by atoms with Crippen LogP contribution in [0.1, 0.15) is 32.5 Å². The minimum Gasteiger partial charge on any atom is -0.320 e. The second-order valence-electron chi connectivity index (χ2n) is 4.35. The van der Waals surface area contributed by atoms with E-state index in [2.05, 4.69) is 19.9 Å². The maximum Gasteiger partial charge on any atom is 0.123 e. The standard InChI is InChI=1S/C14H16FNS/c1-8-6-11(15)4-5-12(8)14(16)13-7-9(2)17-10(13)3/h4-7,14H,16H2,1-3H3. The molecule has 0 aliphatic carbocycles. The van der Waals surface area contributed by atoms with Gasteiger partial charge < -0.3 is 5.73 Å². The van der Waals surface area contributed by atoms with Crippen LogP contribution >= 0.6 is 11.3 Å². The third kappa shape index (κ3) is 2.40. The molecule has 1 atom stereocenters. The molecule has 90 valence electrons. The zero-order valence-electron chi connectivity index (χ0n) is 10.3. The largest absolute Gasteiger partial charge is 0.320 e. The molecule has 0 saturated heterocycles. The average Bonchev–Trinajstić information content (AvgIpc) is 2.57. The molecule has 0 aliphatic rings. The normalized spacial score (nSPS) is 12.8. The fraction of sp³-hybridized carbons (Fsp3) is 0.286. The Morgan fingerprint density at radius 3 is 2.35 bits per heavy atom. The molecule has 2 aromatic rings. The van der Waals surface area contributed by atoms with Crippen LogP contribution in [0.4, 0.5) is 4.39 Å². The van der Waals surface area contributed by atoms with E-state index < -0.39 is 0 Å². The summed E-state index contributed by atoms with van der Waals surface area (Å²) in [5.41, 5.74) is 9.30. The molecule has 17 heavy (non-hydrogen) atoms. The van der Waals surface area contributed by atoms with Crippen LogP contribution in [0, 0.1) is 26.6 Å². The second-order valence-corrected chi connectivity index (χ2v) is 5.81. The molecule has 0 amide bonds. The third-order valence-corrected chi connectivity index (χ3v) is 3.96. The number of aryl methyl sites for hydroxylation is 3. The van der Waals surface area contributed by atoms with Gasteiger partial charge in [-0.2, -0.15) is 0 Å². The number of rotatable bonds is 2. The number of halogens is 1. The Labute approximate surface area is 105 Å². The lowest BCUT2D eigenvalue weighted by Crippen LogP contribution is -2.13. The predicted octanol–water partition coefficient (Wildman–Crippen LogP) is 3.86. The zero-order valence-corrected chi connectivity index (χ0v) is 11.1. The summed E-state index contributed by atoms with van der Waals surface area (Å²) < 4.78 is 13.1. The van der Waals surface area contributed by atoms with Gasteiger partial charge in [0, 0.05) is 9.75 Å². The van der Waals surface area contributed by atoms with Crippen LogP contribution in [0.15, 0.2) is 24.3 Å². The van der Waals surface area contributed by atoms with E-state index in [-0.39, 0.29) is 11.9 Å². The lowest BCUT2D eigenvalue weighted by Gasteiger charge is -2.14. The Bertz CT molecular complexity index is 545. The number of hydrogen-bond acceptors (Lipinski definition) is 2. The number of thiophene rings is 1. The van der Waals surface area contributed by atoms with Crippen LogP contribution in [0.2, 0.25) is 0 Å². The molecule has 0 radical (unpaired) electrons. The van der Waals surface area contributed by atoms with Crippen LogP contribution in [0.5, 0.6) is 0 Å². The maximum absolute atomic E-state index is 13.1. The van der Waals surface area contributed by atoms with Crippen molar-refractivity contribution in [1.29, 1.82) is 0 Å². The van der Waals surface area contributed by atoms with E-state index in [1.54, 1.807) is 17.4 Å². The lowest BCUT2D eigenvalue weighted by atomic mass is 9.96. The van der Waals surface area contributed by atoms with E-state index in [1.807, 2.05) is 6.92 Å². The minimum atomic E-state index is -0.211. The van der Waals surface area contributed by atoms with E-state index in [1.165, 1.54) is 21.9 Å². The predicted molar refractivity (Wildman–Crippen MR) is 71.0 cm³/mol. The average molecular weight is 249 g/mol. The van der Waals surface area contributed by atoms with Crippen molar-refractivity contribution in [3.05, 3.63) is 56.5 Å². The lowest BCUT2D eigenvalue weighted by molar-refractivity contribution is 0.624. The fourth-order valence-electron chi connectivity index (χ4n) is 2.11. The van der Waals surface area contributed by atoms with Gasteiger partial charge in [-0.05, 0) is 55.7 Å². The van der Waals surface area contributed by atoms with Gasteiger partial charge in [0.05, 0.1) is 6.04 Å². The summed E-state index contributed by atoms with van der Waals surface area (Å²) in [7, 11) is 0. The zero-order chi connectivity index (χ0) is 12.6. The van der Waals surface area contributed by atoms with Gasteiger partial charge in [-0.1, -0.05) is 6.07 Å². The number of hydrogen-bond donors (Lipinski definition) is 1. The number of benzene rings is 1. The molecule has 1 unspecified atom stereocenters. The maximum atomic E-state index is 13.1. The Hall–Kier alpha value is -1.19. The van der Waals surface area contributed by atoms with E-state index in [9.17, 15) is 4.39 Å². The molecular formula is C14H16FNS. The summed E-state index contributed by atoms with van der Waals surface area (Å²) >= 11 is 1.75. The van der Waals surface area contributed by atoms with E-state index in [4.69, 9.17) is 5.73 Å².